The van der Waals surface area contributed by atoms with Crippen molar-refractivity contribution in [2.24, 2.45) is 10.7 Å². The molecule has 0 amide bonds. The van der Waals surface area contributed by atoms with Crippen molar-refractivity contribution in [3.63, 3.8) is 0 Å². The monoisotopic (exact) mass is 290 g/mol. The van der Waals surface area contributed by atoms with E-state index >= 15 is 0 Å². The molecule has 1 unspecified atom stereocenters. The van der Waals surface area contributed by atoms with Crippen LogP contribution >= 0.6 is 0 Å². The Balaban J connectivity index is 2.08. The van der Waals surface area contributed by atoms with Gasteiger partial charge in [-0.25, -0.2) is 0 Å². The fourth-order valence-electron chi connectivity index (χ4n) is 2.72. The van der Waals surface area contributed by atoms with E-state index in [9.17, 15) is 0 Å². The number of hydrogen-bond donors (Lipinski definition) is 1. The zero-order valence-electron chi connectivity index (χ0n) is 13.5. The first-order valence-electron chi connectivity index (χ1n) is 7.30. The smallest absolute Gasteiger partial charge is 0.191 e. The largest absolute Gasteiger partial charge is 0.497 e. The van der Waals surface area contributed by atoms with Gasteiger partial charge in [-0.1, -0.05) is 12.1 Å². The maximum Gasteiger partial charge on any atom is 0.191 e. The number of nitrogens with two attached hydrogens (primary N) is 1. The molecule has 1 aromatic carbocycles. The van der Waals surface area contributed by atoms with Crippen molar-refractivity contribution in [1.29, 1.82) is 0 Å². The van der Waals surface area contributed by atoms with E-state index in [0.29, 0.717) is 5.96 Å². The van der Waals surface area contributed by atoms with E-state index in [4.69, 9.17) is 10.5 Å². The number of rotatable bonds is 6. The van der Waals surface area contributed by atoms with Crippen LogP contribution in [-0.2, 0) is 6.42 Å². The van der Waals surface area contributed by atoms with Crippen molar-refractivity contribution >= 4 is 5.96 Å². The van der Waals surface area contributed by atoms with Gasteiger partial charge < -0.3 is 20.3 Å². The summed E-state index contributed by atoms with van der Waals surface area (Å²) in [6.45, 7) is 4.85. The van der Waals surface area contributed by atoms with Crippen molar-refractivity contribution in [3.05, 3.63) is 29.8 Å². The Kier molecular flexibility index (Phi) is 4.73. The number of nitrogens with zero attached hydrogens (tertiary/aromatic N) is 3. The third kappa shape index (κ3) is 3.67. The van der Waals surface area contributed by atoms with Crippen molar-refractivity contribution in [2.45, 2.75) is 18.9 Å². The number of aliphatic imine (C=N–C) groups is 1. The predicted octanol–water partition coefficient (Wildman–Crippen LogP) is 1.19. The molecule has 0 aromatic heterocycles. The Labute approximate surface area is 127 Å². The van der Waals surface area contributed by atoms with Crippen LogP contribution in [0.15, 0.2) is 29.3 Å². The Morgan fingerprint density at radius 3 is 2.57 bits per heavy atom. The standard InChI is InChI=1S/C16H26N4O/c1-16(11-13-5-7-14(21-4)8-6-13)12-18-15(17)20(16)10-9-19(2)3/h5-8H,9-12H2,1-4H3,(H2,17,18). The number of benzene rings is 1. The first-order valence-corrected chi connectivity index (χ1v) is 7.30. The number of ether oxygens (including phenoxy) is 1. The average Bonchev–Trinajstić information content (AvgIpc) is 2.72. The fraction of sp³-hybridized carbons (Fsp3) is 0.562. The molecular weight excluding hydrogens is 264 g/mol. The lowest BCUT2D eigenvalue weighted by Crippen LogP contribution is -2.52. The fourth-order valence-corrected chi connectivity index (χ4v) is 2.72. The molecule has 0 radical (unpaired) electrons. The molecule has 0 aliphatic carbocycles. The van der Waals surface area contributed by atoms with E-state index in [2.05, 4.69) is 47.9 Å². The van der Waals surface area contributed by atoms with Crippen LogP contribution in [0.4, 0.5) is 0 Å². The summed E-state index contributed by atoms with van der Waals surface area (Å²) in [6, 6.07) is 8.23. The third-order valence-electron chi connectivity index (χ3n) is 4.02. The summed E-state index contributed by atoms with van der Waals surface area (Å²) in [5.41, 5.74) is 7.31. The molecule has 0 fully saturated rings. The highest BCUT2D eigenvalue weighted by Gasteiger charge is 2.37. The third-order valence-corrected chi connectivity index (χ3v) is 4.02. The summed E-state index contributed by atoms with van der Waals surface area (Å²) in [4.78, 5) is 8.86. The van der Waals surface area contributed by atoms with Gasteiger partial charge in [0.1, 0.15) is 5.75 Å². The number of methoxy groups -OCH3 is 1. The van der Waals surface area contributed by atoms with Gasteiger partial charge in [0, 0.05) is 13.1 Å². The van der Waals surface area contributed by atoms with Gasteiger partial charge >= 0.3 is 0 Å². The van der Waals surface area contributed by atoms with Crippen LogP contribution in [0.3, 0.4) is 0 Å². The lowest BCUT2D eigenvalue weighted by molar-refractivity contribution is 0.202. The van der Waals surface area contributed by atoms with Crippen molar-refractivity contribution in [1.82, 2.24) is 9.80 Å². The highest BCUT2D eigenvalue weighted by atomic mass is 16.5. The zero-order chi connectivity index (χ0) is 15.5. The summed E-state index contributed by atoms with van der Waals surface area (Å²) < 4.78 is 5.21. The normalized spacial score (nSPS) is 21.8. The highest BCUT2D eigenvalue weighted by Crippen LogP contribution is 2.26. The van der Waals surface area contributed by atoms with Gasteiger partial charge in [-0.3, -0.25) is 4.99 Å². The molecule has 1 aliphatic heterocycles. The van der Waals surface area contributed by atoms with Crippen LogP contribution in [0.1, 0.15) is 12.5 Å². The molecule has 2 rings (SSSR count). The maximum atomic E-state index is 6.08. The van der Waals surface area contributed by atoms with E-state index in [0.717, 1.165) is 31.8 Å². The molecule has 0 spiro atoms. The lowest BCUT2D eigenvalue weighted by Gasteiger charge is -2.37. The molecule has 5 nitrogen and oxygen atoms in total. The van der Waals surface area contributed by atoms with E-state index in [1.54, 1.807) is 7.11 Å². The lowest BCUT2D eigenvalue weighted by atomic mass is 9.92. The van der Waals surface area contributed by atoms with Crippen molar-refractivity contribution in [2.75, 3.05) is 40.8 Å². The van der Waals surface area contributed by atoms with Crippen molar-refractivity contribution < 1.29 is 4.74 Å². The molecule has 5 heteroatoms. The van der Waals surface area contributed by atoms with Gasteiger partial charge in [0.05, 0.1) is 19.2 Å². The van der Waals surface area contributed by atoms with Gasteiger partial charge in [-0.2, -0.15) is 0 Å². The molecule has 1 heterocycles. The predicted molar refractivity (Wildman–Crippen MR) is 86.9 cm³/mol. The summed E-state index contributed by atoms with van der Waals surface area (Å²) in [6.07, 6.45) is 0.925. The number of guanidine groups is 1. The second-order valence-electron chi connectivity index (χ2n) is 6.15. The highest BCUT2D eigenvalue weighted by molar-refractivity contribution is 5.81. The quantitative estimate of drug-likeness (QED) is 0.855. The van der Waals surface area contributed by atoms with Crippen LogP contribution in [0.25, 0.3) is 0 Å². The molecule has 0 bridgehead atoms. The molecule has 0 saturated carbocycles. The second-order valence-corrected chi connectivity index (χ2v) is 6.15. The Morgan fingerprint density at radius 2 is 2.00 bits per heavy atom. The van der Waals surface area contributed by atoms with E-state index in [-0.39, 0.29) is 5.54 Å². The topological polar surface area (TPSA) is 54.1 Å². The van der Waals surface area contributed by atoms with Crippen molar-refractivity contribution in [3.8, 4) is 5.75 Å². The first-order chi connectivity index (χ1) is 9.94. The molecule has 1 aromatic rings. The maximum absolute atomic E-state index is 6.08. The second kappa shape index (κ2) is 6.35. The van der Waals surface area contributed by atoms with E-state index in [1.807, 2.05) is 12.1 Å². The van der Waals surface area contributed by atoms with Gasteiger partial charge in [-0.05, 0) is 45.1 Å². The van der Waals surface area contributed by atoms with Crippen LogP contribution in [0.5, 0.6) is 5.75 Å². The minimum Gasteiger partial charge on any atom is -0.497 e. The molecule has 0 saturated heterocycles. The SMILES string of the molecule is COc1ccc(CC2(C)CN=C(N)N2CCN(C)C)cc1. The number of likely N-dealkylation sites (N-methyl/N-ethyl adjacent to an activating group) is 1. The number of hydrogen-bond acceptors (Lipinski definition) is 5. The summed E-state index contributed by atoms with van der Waals surface area (Å²) in [7, 11) is 5.83. The van der Waals surface area contributed by atoms with Gasteiger partial charge in [0.25, 0.3) is 0 Å². The molecular formula is C16H26N4O. The zero-order valence-corrected chi connectivity index (χ0v) is 13.5. The molecule has 1 atom stereocenters. The van der Waals surface area contributed by atoms with Crippen LogP contribution < -0.4 is 10.5 Å². The van der Waals surface area contributed by atoms with Gasteiger partial charge in [0.15, 0.2) is 5.96 Å². The minimum absolute atomic E-state index is 0.0469. The molecule has 1 aliphatic rings. The van der Waals surface area contributed by atoms with Crippen LogP contribution in [0, 0.1) is 0 Å². The average molecular weight is 290 g/mol. The van der Waals surface area contributed by atoms with Crippen LogP contribution in [-0.4, -0.2) is 62.1 Å². The van der Waals surface area contributed by atoms with Gasteiger partial charge in [-0.15, -0.1) is 0 Å². The first kappa shape index (κ1) is 15.6. The Bertz CT molecular complexity index is 498. The van der Waals surface area contributed by atoms with E-state index in [1.165, 1.54) is 5.56 Å². The minimum atomic E-state index is -0.0469. The Morgan fingerprint density at radius 1 is 1.33 bits per heavy atom. The Hall–Kier alpha value is -1.75. The molecule has 21 heavy (non-hydrogen) atoms. The summed E-state index contributed by atoms with van der Waals surface area (Å²) in [5.74, 6) is 1.54. The van der Waals surface area contributed by atoms with E-state index < -0.39 is 0 Å². The molecule has 2 N–H and O–H groups in total. The summed E-state index contributed by atoms with van der Waals surface area (Å²) >= 11 is 0. The van der Waals surface area contributed by atoms with Crippen LogP contribution in [0.2, 0.25) is 0 Å². The van der Waals surface area contributed by atoms with Gasteiger partial charge in [0.2, 0.25) is 0 Å². The summed E-state index contributed by atoms with van der Waals surface area (Å²) in [5, 5.41) is 0. The molecule has 116 valence electrons.